The Balaban J connectivity index is 1.70. The van der Waals surface area contributed by atoms with E-state index in [2.05, 4.69) is 38.3 Å². The Bertz CT molecular complexity index is 1100. The third-order valence-electron chi connectivity index (χ3n) is 8.80. The van der Waals surface area contributed by atoms with Gasteiger partial charge in [-0.05, 0) is 56.9 Å². The van der Waals surface area contributed by atoms with Gasteiger partial charge in [0, 0.05) is 16.8 Å². The van der Waals surface area contributed by atoms with Crippen LogP contribution in [0.15, 0.2) is 30.3 Å². The van der Waals surface area contributed by atoms with Crippen LogP contribution in [0.25, 0.3) is 0 Å². The zero-order valence-electron chi connectivity index (χ0n) is 24.8. The zero-order valence-corrected chi connectivity index (χ0v) is 25.7. The fourth-order valence-electron chi connectivity index (χ4n) is 7.71. The number of fused-ring (bicyclic) bond motifs is 1. The second-order valence-electron chi connectivity index (χ2n) is 14.3. The summed E-state index contributed by atoms with van der Waals surface area (Å²) in [6.45, 7) is 16.7. The van der Waals surface area contributed by atoms with Crippen molar-refractivity contribution in [2.24, 2.45) is 23.2 Å². The molecule has 8 heteroatoms. The minimum absolute atomic E-state index is 0.00429. The lowest BCUT2D eigenvalue weighted by atomic mass is 9.66. The minimum atomic E-state index is -0.743. The Morgan fingerprint density at radius 3 is 2.31 bits per heavy atom. The number of rotatable bonds is 9. The summed E-state index contributed by atoms with van der Waals surface area (Å²) in [5.41, 5.74) is 0.521. The highest BCUT2D eigenvalue weighted by Gasteiger charge is 2.77. The molecule has 3 aliphatic heterocycles. The number of nitrogens with one attached hydrogen (secondary N) is 2. The lowest BCUT2D eigenvalue weighted by Gasteiger charge is -2.41. The van der Waals surface area contributed by atoms with Crippen LogP contribution in [0.4, 0.5) is 0 Å². The molecule has 3 heterocycles. The number of carbonyl (C=O) groups excluding carboxylic acids is 3. The molecule has 2 unspecified atom stereocenters. The number of carbonyl (C=O) groups is 3. The molecule has 3 N–H and O–H groups in total. The second kappa shape index (κ2) is 10.4. The fraction of sp³-hybridized carbons (Fsp3) is 0.710. The highest BCUT2D eigenvalue weighted by atomic mass is 32.2. The maximum Gasteiger partial charge on any atom is 0.244 e. The molecule has 216 valence electrons. The molecule has 0 saturated carbocycles. The third kappa shape index (κ3) is 5.48. The van der Waals surface area contributed by atoms with E-state index in [0.717, 1.165) is 18.4 Å². The van der Waals surface area contributed by atoms with Gasteiger partial charge in [-0.2, -0.15) is 0 Å². The molecule has 3 fully saturated rings. The van der Waals surface area contributed by atoms with E-state index in [-0.39, 0.29) is 35.7 Å². The molecule has 1 spiro atoms. The van der Waals surface area contributed by atoms with Gasteiger partial charge in [-0.3, -0.25) is 14.4 Å². The molecule has 2 bridgehead atoms. The van der Waals surface area contributed by atoms with Crippen molar-refractivity contribution >= 4 is 29.5 Å². The first kappa shape index (κ1) is 29.9. The number of aliphatic hydroxyl groups excluding tert-OH is 1. The smallest absolute Gasteiger partial charge is 0.244 e. The zero-order chi connectivity index (χ0) is 29.0. The first-order chi connectivity index (χ1) is 18.1. The van der Waals surface area contributed by atoms with E-state index in [1.165, 1.54) is 0 Å². The van der Waals surface area contributed by atoms with Gasteiger partial charge in [0.25, 0.3) is 0 Å². The van der Waals surface area contributed by atoms with Crippen molar-refractivity contribution in [3.63, 3.8) is 0 Å². The first-order valence-electron chi connectivity index (χ1n) is 14.3. The molecule has 1 aromatic carbocycles. The van der Waals surface area contributed by atoms with Gasteiger partial charge in [0.2, 0.25) is 17.7 Å². The number of benzene rings is 1. The maximum absolute atomic E-state index is 14.4. The van der Waals surface area contributed by atoms with Crippen molar-refractivity contribution in [1.29, 1.82) is 0 Å². The van der Waals surface area contributed by atoms with Crippen LogP contribution in [-0.4, -0.2) is 61.5 Å². The Morgan fingerprint density at radius 2 is 1.74 bits per heavy atom. The van der Waals surface area contributed by atoms with Gasteiger partial charge in [0.1, 0.15) is 6.04 Å². The number of likely N-dealkylation sites (tertiary alicyclic amines) is 1. The fourth-order valence-corrected chi connectivity index (χ4v) is 10.1. The van der Waals surface area contributed by atoms with Crippen molar-refractivity contribution in [2.45, 2.75) is 108 Å². The number of thioether (sulfide) groups is 1. The number of aliphatic hydroxyl groups is 1. The van der Waals surface area contributed by atoms with Gasteiger partial charge < -0.3 is 20.6 Å². The second-order valence-corrected chi connectivity index (χ2v) is 16.2. The van der Waals surface area contributed by atoms with Crippen LogP contribution in [0, 0.1) is 23.2 Å². The van der Waals surface area contributed by atoms with E-state index in [9.17, 15) is 19.5 Å². The van der Waals surface area contributed by atoms with Gasteiger partial charge in [0.15, 0.2) is 0 Å². The number of hydrogen-bond donors (Lipinski definition) is 3. The SMILES string of the molecule is CC(C)[C@H](CO)N1C(=O)[C@@H]2[C@H](C(=O)NCc3ccccc3)[C@]3(C)CCC2(S3)C1C(=O)NC(C)(C)CC(C)(C)C. The average Bonchev–Trinajstić information content (AvgIpc) is 3.37. The molecule has 0 aliphatic carbocycles. The Morgan fingerprint density at radius 1 is 1.10 bits per heavy atom. The number of amides is 3. The molecule has 3 aliphatic rings. The van der Waals surface area contributed by atoms with Crippen molar-refractivity contribution in [1.82, 2.24) is 15.5 Å². The summed E-state index contributed by atoms with van der Waals surface area (Å²) in [7, 11) is 0. The van der Waals surface area contributed by atoms with Gasteiger partial charge in [-0.25, -0.2) is 0 Å². The van der Waals surface area contributed by atoms with Crippen molar-refractivity contribution in [3.05, 3.63) is 35.9 Å². The summed E-state index contributed by atoms with van der Waals surface area (Å²) in [4.78, 5) is 44.1. The van der Waals surface area contributed by atoms with E-state index < -0.39 is 39.0 Å². The Labute approximate surface area is 238 Å². The van der Waals surface area contributed by atoms with Gasteiger partial charge in [0.05, 0.1) is 29.2 Å². The molecule has 3 saturated heterocycles. The quantitative estimate of drug-likeness (QED) is 0.424. The molecule has 4 rings (SSSR count). The molecule has 0 aromatic heterocycles. The van der Waals surface area contributed by atoms with Crippen molar-refractivity contribution < 1.29 is 19.5 Å². The molecule has 3 amide bonds. The van der Waals surface area contributed by atoms with Crippen molar-refractivity contribution in [3.8, 4) is 0 Å². The van der Waals surface area contributed by atoms with E-state index in [1.807, 2.05) is 58.0 Å². The van der Waals surface area contributed by atoms with Crippen LogP contribution in [0.5, 0.6) is 0 Å². The molecule has 0 radical (unpaired) electrons. The van der Waals surface area contributed by atoms with Crippen LogP contribution < -0.4 is 10.6 Å². The first-order valence-corrected chi connectivity index (χ1v) is 15.1. The molecule has 6 atom stereocenters. The van der Waals surface area contributed by atoms with Crippen LogP contribution in [0.1, 0.15) is 80.2 Å². The predicted molar refractivity (Wildman–Crippen MR) is 156 cm³/mol. The molecule has 1 aromatic rings. The molecule has 39 heavy (non-hydrogen) atoms. The summed E-state index contributed by atoms with van der Waals surface area (Å²) < 4.78 is -1.13. The predicted octanol–water partition coefficient (Wildman–Crippen LogP) is 4.13. The minimum Gasteiger partial charge on any atom is -0.394 e. The van der Waals surface area contributed by atoms with Gasteiger partial charge >= 0.3 is 0 Å². The van der Waals surface area contributed by atoms with Crippen LogP contribution in [0.2, 0.25) is 0 Å². The van der Waals surface area contributed by atoms with Crippen LogP contribution in [0.3, 0.4) is 0 Å². The number of hydrogen-bond acceptors (Lipinski definition) is 5. The molecule has 7 nitrogen and oxygen atoms in total. The van der Waals surface area contributed by atoms with E-state index in [4.69, 9.17) is 0 Å². The van der Waals surface area contributed by atoms with E-state index in [1.54, 1.807) is 16.7 Å². The monoisotopic (exact) mass is 557 g/mol. The Hall–Kier alpha value is -2.06. The third-order valence-corrected chi connectivity index (χ3v) is 10.8. The number of nitrogens with zero attached hydrogens (tertiary/aromatic N) is 1. The normalized spacial score (nSPS) is 31.0. The summed E-state index contributed by atoms with van der Waals surface area (Å²) in [5, 5.41) is 16.8. The van der Waals surface area contributed by atoms with Crippen molar-refractivity contribution in [2.75, 3.05) is 6.61 Å². The highest BCUT2D eigenvalue weighted by molar-refractivity contribution is 8.02. The van der Waals surface area contributed by atoms with Gasteiger partial charge in [-0.1, -0.05) is 65.0 Å². The average molecular weight is 558 g/mol. The highest BCUT2D eigenvalue weighted by Crippen LogP contribution is 2.71. The lowest BCUT2D eigenvalue weighted by molar-refractivity contribution is -0.144. The van der Waals surface area contributed by atoms with Crippen LogP contribution in [-0.2, 0) is 20.9 Å². The van der Waals surface area contributed by atoms with Crippen LogP contribution >= 0.6 is 11.8 Å². The topological polar surface area (TPSA) is 98.7 Å². The Kier molecular flexibility index (Phi) is 7.98. The maximum atomic E-state index is 14.4. The summed E-state index contributed by atoms with van der Waals surface area (Å²) in [6.07, 6.45) is 2.22. The molecular weight excluding hydrogens is 510 g/mol. The summed E-state index contributed by atoms with van der Waals surface area (Å²) >= 11 is 1.67. The van der Waals surface area contributed by atoms with E-state index in [0.29, 0.717) is 13.0 Å². The summed E-state index contributed by atoms with van der Waals surface area (Å²) in [6, 6.07) is 8.51. The lowest BCUT2D eigenvalue weighted by Crippen LogP contribution is -2.60. The molecular formula is C31H47N3O4S. The largest absolute Gasteiger partial charge is 0.394 e. The summed E-state index contributed by atoms with van der Waals surface area (Å²) in [5.74, 6) is -1.68. The van der Waals surface area contributed by atoms with E-state index >= 15 is 0 Å². The standard InChI is InChI=1S/C31H47N3O4S/c1-19(2)21(17-35)34-24(26(37)33-29(6,7)18-28(3,4)5)31-15-14-30(8,39-31)22(23(31)27(34)38)25(36)32-16-20-12-10-9-11-13-20/h9-13,19,21-24,35H,14-18H2,1-8H3,(H,32,36)(H,33,37)/t21-,22+,23-,24?,30-,31?/m0/s1. The van der Waals surface area contributed by atoms with Gasteiger partial charge in [-0.15, -0.1) is 11.8 Å².